The van der Waals surface area contributed by atoms with Crippen LogP contribution in [0.5, 0.6) is 5.75 Å². The van der Waals surface area contributed by atoms with Crippen LogP contribution in [-0.4, -0.2) is 46.4 Å². The molecule has 0 atom stereocenters. The lowest BCUT2D eigenvalue weighted by Gasteiger charge is -2.27. The van der Waals surface area contributed by atoms with E-state index < -0.39 is 21.5 Å². The van der Waals surface area contributed by atoms with Crippen LogP contribution in [0.2, 0.25) is 0 Å². The molecule has 7 nitrogen and oxygen atoms in total. The summed E-state index contributed by atoms with van der Waals surface area (Å²) in [6.45, 7) is 5.31. The standard InChI is InChI=1S/C18H27NO6S/c1-3-23-13-14-25-15-7-9-16(10-8-15)26(21,22)19-18(11-5-6-12-18)17(20)24-4-2/h7-10,19H,3-6,11-14H2,1-2H3. The van der Waals surface area contributed by atoms with Gasteiger partial charge in [0.1, 0.15) is 17.9 Å². The number of hydrogen-bond donors (Lipinski definition) is 1. The van der Waals surface area contributed by atoms with Gasteiger partial charge in [-0.3, -0.25) is 4.79 Å². The molecule has 1 N–H and O–H groups in total. The summed E-state index contributed by atoms with van der Waals surface area (Å²) in [5, 5.41) is 0. The Labute approximate surface area is 155 Å². The molecule has 0 spiro atoms. The quantitative estimate of drug-likeness (QED) is 0.491. The molecule has 146 valence electrons. The highest BCUT2D eigenvalue weighted by Crippen LogP contribution is 2.32. The zero-order valence-corrected chi connectivity index (χ0v) is 16.1. The van der Waals surface area contributed by atoms with E-state index in [2.05, 4.69) is 4.72 Å². The SMILES string of the molecule is CCOCCOc1ccc(S(=O)(=O)NC2(C(=O)OCC)CCCC2)cc1. The maximum Gasteiger partial charge on any atom is 0.327 e. The van der Waals surface area contributed by atoms with Crippen LogP contribution in [0.25, 0.3) is 0 Å². The van der Waals surface area contributed by atoms with E-state index in [4.69, 9.17) is 14.2 Å². The Balaban J connectivity index is 2.07. The number of carbonyl (C=O) groups excluding carboxylic acids is 1. The van der Waals surface area contributed by atoms with Gasteiger partial charge in [0.25, 0.3) is 0 Å². The molecule has 1 aromatic carbocycles. The Morgan fingerprint density at radius 3 is 2.31 bits per heavy atom. The van der Waals surface area contributed by atoms with Crippen molar-refractivity contribution in [3.05, 3.63) is 24.3 Å². The molecule has 2 rings (SSSR count). The van der Waals surface area contributed by atoms with Crippen LogP contribution >= 0.6 is 0 Å². The minimum absolute atomic E-state index is 0.0882. The molecule has 0 amide bonds. The van der Waals surface area contributed by atoms with Gasteiger partial charge in [0, 0.05) is 6.61 Å². The minimum Gasteiger partial charge on any atom is -0.491 e. The summed E-state index contributed by atoms with van der Waals surface area (Å²) in [6.07, 6.45) is 2.47. The third-order valence-electron chi connectivity index (χ3n) is 4.29. The molecule has 1 aromatic rings. The van der Waals surface area contributed by atoms with Crippen molar-refractivity contribution in [1.29, 1.82) is 0 Å². The van der Waals surface area contributed by atoms with Crippen molar-refractivity contribution >= 4 is 16.0 Å². The summed E-state index contributed by atoms with van der Waals surface area (Å²) in [7, 11) is -3.84. The minimum atomic E-state index is -3.84. The monoisotopic (exact) mass is 385 g/mol. The molecule has 8 heteroatoms. The predicted molar refractivity (Wildman–Crippen MR) is 96.6 cm³/mol. The Morgan fingerprint density at radius 2 is 1.73 bits per heavy atom. The van der Waals surface area contributed by atoms with Crippen LogP contribution in [0.1, 0.15) is 39.5 Å². The van der Waals surface area contributed by atoms with Gasteiger partial charge in [0.2, 0.25) is 10.0 Å². The van der Waals surface area contributed by atoms with Crippen molar-refractivity contribution < 1.29 is 27.4 Å². The molecule has 1 saturated carbocycles. The molecule has 0 aliphatic heterocycles. The van der Waals surface area contributed by atoms with Gasteiger partial charge in [-0.15, -0.1) is 0 Å². The van der Waals surface area contributed by atoms with Crippen molar-refractivity contribution in [1.82, 2.24) is 4.72 Å². The lowest BCUT2D eigenvalue weighted by molar-refractivity contribution is -0.150. The molecule has 26 heavy (non-hydrogen) atoms. The fraction of sp³-hybridized carbons (Fsp3) is 0.611. The molecule has 0 heterocycles. The molecule has 0 saturated heterocycles. The molecular weight excluding hydrogens is 358 g/mol. The van der Waals surface area contributed by atoms with Crippen molar-refractivity contribution in [2.75, 3.05) is 26.4 Å². The summed E-state index contributed by atoms with van der Waals surface area (Å²) in [6, 6.07) is 6.11. The fourth-order valence-corrected chi connectivity index (χ4v) is 4.40. The molecular formula is C18H27NO6S. The normalized spacial score (nSPS) is 16.4. The largest absolute Gasteiger partial charge is 0.491 e. The average molecular weight is 385 g/mol. The zero-order chi connectivity index (χ0) is 19.0. The van der Waals surface area contributed by atoms with Gasteiger partial charge in [0.15, 0.2) is 0 Å². The number of benzene rings is 1. The summed E-state index contributed by atoms with van der Waals surface area (Å²) in [5.41, 5.74) is -1.17. The van der Waals surface area contributed by atoms with Crippen LogP contribution in [0, 0.1) is 0 Å². The molecule has 0 aromatic heterocycles. The Bertz CT molecular complexity index is 680. The molecule has 0 radical (unpaired) electrons. The van der Waals surface area contributed by atoms with Gasteiger partial charge in [-0.05, 0) is 51.0 Å². The summed E-state index contributed by atoms with van der Waals surface area (Å²) in [4.78, 5) is 12.4. The molecule has 1 aliphatic carbocycles. The van der Waals surface area contributed by atoms with Crippen molar-refractivity contribution in [2.24, 2.45) is 0 Å². The van der Waals surface area contributed by atoms with Crippen LogP contribution in [-0.2, 0) is 24.3 Å². The van der Waals surface area contributed by atoms with E-state index in [0.29, 0.717) is 38.4 Å². The van der Waals surface area contributed by atoms with E-state index in [1.54, 1.807) is 19.1 Å². The van der Waals surface area contributed by atoms with Gasteiger partial charge >= 0.3 is 5.97 Å². The molecule has 0 unspecified atom stereocenters. The van der Waals surface area contributed by atoms with Gasteiger partial charge in [-0.2, -0.15) is 4.72 Å². The summed E-state index contributed by atoms with van der Waals surface area (Å²) < 4.78 is 43.8. The van der Waals surface area contributed by atoms with Crippen LogP contribution in [0.15, 0.2) is 29.2 Å². The third kappa shape index (κ3) is 5.18. The number of esters is 1. The van der Waals surface area contributed by atoms with Gasteiger partial charge in [-0.1, -0.05) is 12.8 Å². The van der Waals surface area contributed by atoms with E-state index in [1.807, 2.05) is 6.92 Å². The topological polar surface area (TPSA) is 90.9 Å². The lowest BCUT2D eigenvalue weighted by atomic mass is 10.00. The first kappa shape index (κ1) is 20.7. The maximum absolute atomic E-state index is 12.7. The third-order valence-corrected chi connectivity index (χ3v) is 5.84. The Hall–Kier alpha value is -1.64. The number of ether oxygens (including phenoxy) is 3. The Kier molecular flexibility index (Phi) is 7.43. The number of hydrogen-bond acceptors (Lipinski definition) is 6. The van der Waals surface area contributed by atoms with E-state index in [0.717, 1.165) is 12.8 Å². The van der Waals surface area contributed by atoms with Crippen molar-refractivity contribution in [3.8, 4) is 5.75 Å². The van der Waals surface area contributed by atoms with Gasteiger partial charge in [-0.25, -0.2) is 8.42 Å². The van der Waals surface area contributed by atoms with Crippen LogP contribution in [0.3, 0.4) is 0 Å². The van der Waals surface area contributed by atoms with E-state index >= 15 is 0 Å². The zero-order valence-electron chi connectivity index (χ0n) is 15.3. The number of nitrogens with one attached hydrogen (secondary N) is 1. The van der Waals surface area contributed by atoms with E-state index in [9.17, 15) is 13.2 Å². The first-order valence-corrected chi connectivity index (χ1v) is 10.4. The van der Waals surface area contributed by atoms with Crippen molar-refractivity contribution in [2.45, 2.75) is 50.0 Å². The Morgan fingerprint density at radius 1 is 1.08 bits per heavy atom. The van der Waals surface area contributed by atoms with Crippen molar-refractivity contribution in [3.63, 3.8) is 0 Å². The highest BCUT2D eigenvalue weighted by Gasteiger charge is 2.45. The molecule has 1 fully saturated rings. The van der Waals surface area contributed by atoms with Crippen LogP contribution in [0.4, 0.5) is 0 Å². The number of sulfonamides is 1. The van der Waals surface area contributed by atoms with Gasteiger partial charge < -0.3 is 14.2 Å². The van der Waals surface area contributed by atoms with Gasteiger partial charge in [0.05, 0.1) is 18.1 Å². The first-order chi connectivity index (χ1) is 12.4. The number of carbonyl (C=O) groups is 1. The second kappa shape index (κ2) is 9.34. The fourth-order valence-electron chi connectivity index (χ4n) is 2.99. The second-order valence-electron chi connectivity index (χ2n) is 6.13. The van der Waals surface area contributed by atoms with E-state index in [-0.39, 0.29) is 11.5 Å². The predicted octanol–water partition coefficient (Wildman–Crippen LogP) is 2.26. The summed E-state index contributed by atoms with van der Waals surface area (Å²) in [5.74, 6) is 0.0570. The van der Waals surface area contributed by atoms with E-state index in [1.165, 1.54) is 12.1 Å². The second-order valence-corrected chi connectivity index (χ2v) is 7.81. The highest BCUT2D eigenvalue weighted by molar-refractivity contribution is 7.89. The van der Waals surface area contributed by atoms with Crippen LogP contribution < -0.4 is 9.46 Å². The highest BCUT2D eigenvalue weighted by atomic mass is 32.2. The average Bonchev–Trinajstić information content (AvgIpc) is 3.08. The maximum atomic E-state index is 12.7. The summed E-state index contributed by atoms with van der Waals surface area (Å²) >= 11 is 0. The smallest absolute Gasteiger partial charge is 0.327 e. The lowest BCUT2D eigenvalue weighted by Crippen LogP contribution is -2.53. The molecule has 1 aliphatic rings. The number of rotatable bonds is 10. The first-order valence-electron chi connectivity index (χ1n) is 8.95. The molecule has 0 bridgehead atoms.